The van der Waals surface area contributed by atoms with Gasteiger partial charge in [0.2, 0.25) is 0 Å². The summed E-state index contributed by atoms with van der Waals surface area (Å²) in [4.78, 5) is 2.57. The van der Waals surface area contributed by atoms with Gasteiger partial charge in [0.25, 0.3) is 0 Å². The lowest BCUT2D eigenvalue weighted by Crippen LogP contribution is -1.98. The maximum atomic E-state index is 8.74. The number of hydrogen-bond acceptors (Lipinski definition) is 3. The van der Waals surface area contributed by atoms with Crippen LogP contribution in [0.4, 0.5) is 5.69 Å². The van der Waals surface area contributed by atoms with Gasteiger partial charge in [-0.05, 0) is 37.3 Å². The van der Waals surface area contributed by atoms with E-state index in [0.717, 1.165) is 12.2 Å². The highest BCUT2D eigenvalue weighted by Gasteiger charge is 2.02. The maximum Gasteiger partial charge on any atom is 0.0992 e. The summed E-state index contributed by atoms with van der Waals surface area (Å²) in [5, 5.41) is 12.6. The molecular formula is C13H11ClN2S. The molecule has 1 heterocycles. The molecular weight excluding hydrogens is 252 g/mol. The Kier molecular flexibility index (Phi) is 3.68. The molecule has 17 heavy (non-hydrogen) atoms. The summed E-state index contributed by atoms with van der Waals surface area (Å²) in [6.45, 7) is 2.84. The molecule has 0 spiro atoms. The lowest BCUT2D eigenvalue weighted by molar-refractivity contribution is 1.19. The second-order valence-electron chi connectivity index (χ2n) is 3.67. The van der Waals surface area contributed by atoms with Crippen LogP contribution in [0.3, 0.4) is 0 Å². The van der Waals surface area contributed by atoms with Crippen molar-refractivity contribution in [3.63, 3.8) is 0 Å². The first-order valence-corrected chi connectivity index (χ1v) is 6.37. The molecule has 0 aliphatic carbocycles. The van der Waals surface area contributed by atoms with Crippen LogP contribution in [0.25, 0.3) is 0 Å². The van der Waals surface area contributed by atoms with Gasteiger partial charge in [-0.2, -0.15) is 5.26 Å². The normalized spacial score (nSPS) is 9.94. The molecule has 0 radical (unpaired) electrons. The molecule has 0 aliphatic rings. The Balaban J connectivity index is 2.07. The van der Waals surface area contributed by atoms with Gasteiger partial charge in [-0.3, -0.25) is 0 Å². The van der Waals surface area contributed by atoms with Crippen molar-refractivity contribution in [3.8, 4) is 6.07 Å². The third kappa shape index (κ3) is 3.00. The minimum atomic E-state index is 0.576. The van der Waals surface area contributed by atoms with E-state index in [1.165, 1.54) is 9.75 Å². The van der Waals surface area contributed by atoms with Crippen molar-refractivity contribution >= 4 is 28.6 Å². The summed E-state index contributed by atoms with van der Waals surface area (Å²) in [6.07, 6.45) is 0. The van der Waals surface area contributed by atoms with Gasteiger partial charge in [-0.25, -0.2) is 0 Å². The van der Waals surface area contributed by atoms with Crippen molar-refractivity contribution in [3.05, 3.63) is 50.7 Å². The van der Waals surface area contributed by atoms with E-state index in [-0.39, 0.29) is 0 Å². The monoisotopic (exact) mass is 262 g/mol. The first kappa shape index (κ1) is 12.0. The predicted molar refractivity (Wildman–Crippen MR) is 72.5 cm³/mol. The van der Waals surface area contributed by atoms with E-state index in [1.54, 1.807) is 23.5 Å². The van der Waals surface area contributed by atoms with Gasteiger partial charge >= 0.3 is 0 Å². The van der Waals surface area contributed by atoms with E-state index < -0.39 is 0 Å². The van der Waals surface area contributed by atoms with Crippen molar-refractivity contribution in [1.29, 1.82) is 5.26 Å². The number of aryl methyl sites for hydroxylation is 1. The molecule has 1 N–H and O–H groups in total. The minimum absolute atomic E-state index is 0.576. The van der Waals surface area contributed by atoms with Crippen LogP contribution in [0.5, 0.6) is 0 Å². The van der Waals surface area contributed by atoms with Crippen LogP contribution in [-0.4, -0.2) is 0 Å². The van der Waals surface area contributed by atoms with E-state index in [2.05, 4.69) is 30.4 Å². The Bertz CT molecular complexity index is 569. The highest BCUT2D eigenvalue weighted by atomic mass is 35.5. The van der Waals surface area contributed by atoms with E-state index in [1.807, 2.05) is 6.07 Å². The number of benzene rings is 1. The summed E-state index contributed by atoms with van der Waals surface area (Å²) in [5.74, 6) is 0. The standard InChI is InChI=1S/C13H11ClN2S/c1-9-2-4-11(17-9)8-16-13-5-3-10(7-15)6-12(13)14/h2-6,16H,8H2,1H3. The first-order chi connectivity index (χ1) is 8.19. The number of nitriles is 1. The van der Waals surface area contributed by atoms with Gasteiger partial charge in [-0.15, -0.1) is 11.3 Å². The molecule has 2 nitrogen and oxygen atoms in total. The zero-order chi connectivity index (χ0) is 12.3. The molecule has 0 atom stereocenters. The van der Waals surface area contributed by atoms with Crippen LogP contribution in [0.15, 0.2) is 30.3 Å². The zero-order valence-electron chi connectivity index (χ0n) is 9.33. The lowest BCUT2D eigenvalue weighted by atomic mass is 10.2. The number of nitrogens with one attached hydrogen (secondary N) is 1. The maximum absolute atomic E-state index is 8.74. The highest BCUT2D eigenvalue weighted by Crippen LogP contribution is 2.24. The third-order valence-electron chi connectivity index (χ3n) is 2.35. The fourth-order valence-corrected chi connectivity index (χ4v) is 2.57. The molecule has 0 fully saturated rings. The second-order valence-corrected chi connectivity index (χ2v) is 5.45. The van der Waals surface area contributed by atoms with Gasteiger partial charge < -0.3 is 5.32 Å². The van der Waals surface area contributed by atoms with Crippen molar-refractivity contribution in [2.45, 2.75) is 13.5 Å². The largest absolute Gasteiger partial charge is 0.379 e. The Hall–Kier alpha value is -1.50. The molecule has 0 unspecified atom stereocenters. The Morgan fingerprint density at radius 2 is 2.18 bits per heavy atom. The Morgan fingerprint density at radius 3 is 2.76 bits per heavy atom. The number of thiophene rings is 1. The number of halogens is 1. The van der Waals surface area contributed by atoms with Gasteiger partial charge in [-0.1, -0.05) is 11.6 Å². The summed E-state index contributed by atoms with van der Waals surface area (Å²) in [5.41, 5.74) is 1.43. The van der Waals surface area contributed by atoms with Gasteiger partial charge in [0.05, 0.1) is 22.3 Å². The fraction of sp³-hybridized carbons (Fsp3) is 0.154. The minimum Gasteiger partial charge on any atom is -0.379 e. The molecule has 2 aromatic rings. The van der Waals surface area contributed by atoms with Crippen molar-refractivity contribution < 1.29 is 0 Å². The van der Waals surface area contributed by atoms with Crippen molar-refractivity contribution in [2.24, 2.45) is 0 Å². The number of anilines is 1. The van der Waals surface area contributed by atoms with Crippen molar-refractivity contribution in [1.82, 2.24) is 0 Å². The molecule has 0 saturated heterocycles. The van der Waals surface area contributed by atoms with E-state index >= 15 is 0 Å². The van der Waals surface area contributed by atoms with E-state index in [0.29, 0.717) is 10.6 Å². The Labute approximate surface area is 109 Å². The van der Waals surface area contributed by atoms with Crippen LogP contribution in [0.1, 0.15) is 15.3 Å². The topological polar surface area (TPSA) is 35.8 Å². The molecule has 0 aliphatic heterocycles. The molecule has 0 bridgehead atoms. The zero-order valence-corrected chi connectivity index (χ0v) is 10.9. The lowest BCUT2D eigenvalue weighted by Gasteiger charge is -2.07. The number of hydrogen-bond donors (Lipinski definition) is 1. The molecule has 2 rings (SSSR count). The van der Waals surface area contributed by atoms with Crippen LogP contribution in [0, 0.1) is 18.3 Å². The second kappa shape index (κ2) is 5.22. The van der Waals surface area contributed by atoms with Crippen LogP contribution < -0.4 is 5.32 Å². The number of nitrogens with zero attached hydrogens (tertiary/aromatic N) is 1. The fourth-order valence-electron chi connectivity index (χ4n) is 1.49. The van der Waals surface area contributed by atoms with E-state index in [9.17, 15) is 0 Å². The molecule has 0 saturated carbocycles. The predicted octanol–water partition coefficient (Wildman–Crippen LogP) is 4.19. The average molecular weight is 263 g/mol. The quantitative estimate of drug-likeness (QED) is 0.900. The highest BCUT2D eigenvalue weighted by molar-refractivity contribution is 7.11. The van der Waals surface area contributed by atoms with Crippen LogP contribution in [-0.2, 0) is 6.54 Å². The van der Waals surface area contributed by atoms with Crippen molar-refractivity contribution in [2.75, 3.05) is 5.32 Å². The molecule has 1 aromatic carbocycles. The first-order valence-electron chi connectivity index (χ1n) is 5.18. The van der Waals surface area contributed by atoms with Crippen LogP contribution >= 0.6 is 22.9 Å². The number of rotatable bonds is 3. The smallest absolute Gasteiger partial charge is 0.0992 e. The SMILES string of the molecule is Cc1ccc(CNc2ccc(C#N)cc2Cl)s1. The van der Waals surface area contributed by atoms with E-state index in [4.69, 9.17) is 16.9 Å². The van der Waals surface area contributed by atoms with Crippen LogP contribution in [0.2, 0.25) is 5.02 Å². The molecule has 86 valence electrons. The average Bonchev–Trinajstić information content (AvgIpc) is 2.73. The molecule has 4 heteroatoms. The summed E-state index contributed by atoms with van der Waals surface area (Å²) >= 11 is 7.83. The summed E-state index contributed by atoms with van der Waals surface area (Å²) in [7, 11) is 0. The summed E-state index contributed by atoms with van der Waals surface area (Å²) < 4.78 is 0. The molecule has 0 amide bonds. The van der Waals surface area contributed by atoms with Gasteiger partial charge in [0.1, 0.15) is 0 Å². The summed E-state index contributed by atoms with van der Waals surface area (Å²) in [6, 6.07) is 11.5. The Morgan fingerprint density at radius 1 is 1.35 bits per heavy atom. The molecule has 1 aromatic heterocycles. The third-order valence-corrected chi connectivity index (χ3v) is 3.66. The van der Waals surface area contributed by atoms with Gasteiger partial charge in [0.15, 0.2) is 0 Å². The van der Waals surface area contributed by atoms with Gasteiger partial charge in [0, 0.05) is 16.3 Å².